The van der Waals surface area contributed by atoms with Crippen LogP contribution in [0.1, 0.15) is 0 Å². The largest absolute Gasteiger partial charge is 0.442 e. The van der Waals surface area contributed by atoms with Gasteiger partial charge in [-0.05, 0) is 71.8 Å². The quantitative estimate of drug-likeness (QED) is 0.173. The molecule has 4 atom stereocenters. The molecular weight excluding hydrogens is 781 g/mol. The van der Waals surface area contributed by atoms with Crippen molar-refractivity contribution in [2.75, 3.05) is 35.4 Å². The molecule has 4 heterocycles. The van der Waals surface area contributed by atoms with Crippen LogP contribution in [0.25, 0.3) is 22.3 Å². The van der Waals surface area contributed by atoms with Crippen LogP contribution in [0.4, 0.5) is 29.7 Å². The minimum atomic E-state index is -2.82. The van der Waals surface area contributed by atoms with Crippen molar-refractivity contribution in [2.45, 2.75) is 35.1 Å². The van der Waals surface area contributed by atoms with E-state index in [0.29, 0.717) is 63.1 Å². The standard InChI is InChI=1S/C19H18FN5O3S.C19H17FN4O3S/c1-29(21,27)16-5-2-13(3-6-16)17-7-4-14(10-18(17)20)25-12-15(28-19(25)26)11-24-9-8-22-23-24;1-28(26)16-5-2-13(3-6-16)17-7-4-14(10-18(17)20)24-12-15(27-19(24)25)11-23-9-8-21-22-23/h2-10,15,21H,11-12H2,1H3;2-10,15H,11-12H2,1H3/t15-,29?;15-,28?/m00/s1. The normalized spacial score (nSPS) is 18.0. The van der Waals surface area contributed by atoms with Crippen LogP contribution in [0.15, 0.2) is 120 Å². The number of carbonyl (C=O) groups is 2. The second kappa shape index (κ2) is 16.4. The maximum atomic E-state index is 14.8. The van der Waals surface area contributed by atoms with Crippen molar-refractivity contribution >= 4 is 44.1 Å². The molecule has 8 rings (SSSR count). The van der Waals surface area contributed by atoms with Crippen molar-refractivity contribution in [2.24, 2.45) is 0 Å². The summed E-state index contributed by atoms with van der Waals surface area (Å²) in [7, 11) is -3.91. The highest BCUT2D eigenvalue weighted by molar-refractivity contribution is 7.91. The van der Waals surface area contributed by atoms with Crippen LogP contribution in [0.3, 0.4) is 0 Å². The lowest BCUT2D eigenvalue weighted by molar-refractivity contribution is 0.128. The smallest absolute Gasteiger partial charge is 0.414 e. The number of ether oxygens (including phenoxy) is 2. The van der Waals surface area contributed by atoms with Gasteiger partial charge in [-0.2, -0.15) is 0 Å². The number of hydrogen-bond acceptors (Lipinski definition) is 11. The molecule has 2 amide bonds. The lowest BCUT2D eigenvalue weighted by atomic mass is 10.0. The summed E-state index contributed by atoms with van der Waals surface area (Å²) in [6, 6.07) is 22.4. The first-order chi connectivity index (χ1) is 27.3. The molecule has 2 fully saturated rings. The summed E-state index contributed by atoms with van der Waals surface area (Å²) in [5.74, 6) is -0.943. The highest BCUT2D eigenvalue weighted by Crippen LogP contribution is 2.31. The van der Waals surface area contributed by atoms with Gasteiger partial charge in [0, 0.05) is 56.6 Å². The Morgan fingerprint density at radius 1 is 0.737 bits per heavy atom. The summed E-state index contributed by atoms with van der Waals surface area (Å²) in [6.45, 7) is 1.33. The second-order valence-corrected chi connectivity index (χ2v) is 16.7. The Labute approximate surface area is 328 Å². The predicted molar refractivity (Wildman–Crippen MR) is 206 cm³/mol. The molecule has 0 radical (unpaired) electrons. The lowest BCUT2D eigenvalue weighted by Crippen LogP contribution is -2.26. The van der Waals surface area contributed by atoms with Crippen LogP contribution in [0.5, 0.6) is 0 Å². The zero-order valence-corrected chi connectivity index (χ0v) is 32.1. The van der Waals surface area contributed by atoms with E-state index in [1.807, 2.05) is 0 Å². The summed E-state index contributed by atoms with van der Waals surface area (Å²) >= 11 is 0. The molecule has 4 aromatic carbocycles. The zero-order chi connectivity index (χ0) is 40.3. The summed E-state index contributed by atoms with van der Waals surface area (Å²) in [5, 5.41) is 15.1. The molecule has 2 unspecified atom stereocenters. The minimum absolute atomic E-state index is 0.278. The molecule has 0 spiro atoms. The van der Waals surface area contributed by atoms with Gasteiger partial charge in [-0.25, -0.2) is 36.7 Å². The van der Waals surface area contributed by atoms with E-state index in [0.717, 1.165) is 0 Å². The Balaban J connectivity index is 0.000000174. The highest BCUT2D eigenvalue weighted by atomic mass is 32.2. The van der Waals surface area contributed by atoms with Gasteiger partial charge < -0.3 is 9.47 Å². The molecular formula is C38H35F2N9O6S2. The molecule has 0 bridgehead atoms. The molecule has 294 valence electrons. The van der Waals surface area contributed by atoms with E-state index in [9.17, 15) is 26.8 Å². The van der Waals surface area contributed by atoms with Gasteiger partial charge in [-0.1, -0.05) is 34.7 Å². The minimum Gasteiger partial charge on any atom is -0.442 e. The molecule has 6 aromatic rings. The van der Waals surface area contributed by atoms with Gasteiger partial charge in [0.1, 0.15) is 23.8 Å². The third-order valence-corrected chi connectivity index (χ3v) is 11.2. The highest BCUT2D eigenvalue weighted by Gasteiger charge is 2.34. The Bertz CT molecular complexity index is 2520. The van der Waals surface area contributed by atoms with Gasteiger partial charge in [0.2, 0.25) is 0 Å². The van der Waals surface area contributed by atoms with Gasteiger partial charge in [0.15, 0.2) is 0 Å². The van der Waals surface area contributed by atoms with Crippen LogP contribution in [-0.2, 0) is 43.1 Å². The third-order valence-electron chi connectivity index (χ3n) is 9.11. The van der Waals surface area contributed by atoms with Crippen molar-refractivity contribution in [3.05, 3.63) is 121 Å². The number of nitrogens with one attached hydrogen (secondary N) is 1. The lowest BCUT2D eigenvalue weighted by Gasteiger charge is -2.14. The maximum absolute atomic E-state index is 14.8. The Hall–Kier alpha value is -6.34. The van der Waals surface area contributed by atoms with Crippen molar-refractivity contribution in [3.63, 3.8) is 0 Å². The zero-order valence-electron chi connectivity index (χ0n) is 30.5. The average molecular weight is 816 g/mol. The predicted octanol–water partition coefficient (Wildman–Crippen LogP) is 5.99. The van der Waals surface area contributed by atoms with Gasteiger partial charge in [0.25, 0.3) is 0 Å². The van der Waals surface area contributed by atoms with Crippen LogP contribution in [0, 0.1) is 16.4 Å². The number of benzene rings is 4. The number of anilines is 2. The summed E-state index contributed by atoms with van der Waals surface area (Å²) in [4.78, 5) is 28.2. The fourth-order valence-corrected chi connectivity index (χ4v) is 7.44. The average Bonchev–Trinajstić information content (AvgIpc) is 4.02. The molecule has 1 N–H and O–H groups in total. The van der Waals surface area contributed by atoms with Gasteiger partial charge in [-0.3, -0.25) is 14.0 Å². The van der Waals surface area contributed by atoms with Crippen LogP contribution < -0.4 is 9.80 Å². The number of halogens is 2. The van der Waals surface area contributed by atoms with Crippen molar-refractivity contribution in [1.29, 1.82) is 4.78 Å². The fourth-order valence-electron chi connectivity index (χ4n) is 6.26. The molecule has 2 aromatic heterocycles. The fraction of sp³-hybridized carbons (Fsp3) is 0.211. The number of aromatic nitrogens is 6. The van der Waals surface area contributed by atoms with Gasteiger partial charge >= 0.3 is 12.2 Å². The summed E-state index contributed by atoms with van der Waals surface area (Å²) < 4.78 is 74.2. The van der Waals surface area contributed by atoms with E-state index in [4.69, 9.17) is 14.3 Å². The van der Waals surface area contributed by atoms with Crippen molar-refractivity contribution in [3.8, 4) is 22.3 Å². The van der Waals surface area contributed by atoms with E-state index < -0.39 is 50.5 Å². The Morgan fingerprint density at radius 2 is 1.18 bits per heavy atom. The number of amides is 2. The maximum Gasteiger partial charge on any atom is 0.414 e. The number of rotatable bonds is 10. The number of carbonyl (C=O) groups excluding carboxylic acids is 2. The molecule has 15 nitrogen and oxygen atoms in total. The number of cyclic esters (lactones) is 2. The molecule has 19 heteroatoms. The monoisotopic (exact) mass is 815 g/mol. The van der Waals surface area contributed by atoms with E-state index in [-0.39, 0.29) is 12.6 Å². The van der Waals surface area contributed by atoms with Crippen LogP contribution in [-0.4, -0.2) is 88.4 Å². The topological polar surface area (TPSA) is 178 Å². The summed E-state index contributed by atoms with van der Waals surface area (Å²) in [5.41, 5.74) is 2.85. The molecule has 2 aliphatic rings. The third kappa shape index (κ3) is 9.05. The molecule has 2 aliphatic heterocycles. The van der Waals surface area contributed by atoms with Gasteiger partial charge in [-0.15, -0.1) is 10.2 Å². The second-order valence-electron chi connectivity index (χ2n) is 13.2. The SMILES string of the molecule is CS(=N)(=O)c1ccc(-c2ccc(N3C[C@H](Cn4ccnn4)OC3=O)cc2F)cc1.CS(=O)c1ccc(-c2ccc(N3C[C@H](Cn4ccnn4)OC3=O)cc2F)cc1. The Kier molecular flexibility index (Phi) is 11.2. The first-order valence-corrected chi connectivity index (χ1v) is 20.9. The first kappa shape index (κ1) is 38.9. The summed E-state index contributed by atoms with van der Waals surface area (Å²) in [6.07, 6.45) is 7.52. The van der Waals surface area contributed by atoms with E-state index in [2.05, 4.69) is 20.6 Å². The van der Waals surface area contributed by atoms with Crippen LogP contribution >= 0.6 is 0 Å². The molecule has 0 aliphatic carbocycles. The van der Waals surface area contributed by atoms with E-state index in [1.54, 1.807) is 107 Å². The first-order valence-electron chi connectivity index (χ1n) is 17.3. The molecule has 57 heavy (non-hydrogen) atoms. The number of nitrogens with zero attached hydrogens (tertiary/aromatic N) is 8. The van der Waals surface area contributed by atoms with Crippen molar-refractivity contribution in [1.82, 2.24) is 30.0 Å². The van der Waals surface area contributed by atoms with E-state index >= 15 is 0 Å². The number of hydrogen-bond donors (Lipinski definition) is 1. The van der Waals surface area contributed by atoms with Crippen LogP contribution in [0.2, 0.25) is 0 Å². The Morgan fingerprint density at radius 3 is 1.54 bits per heavy atom. The van der Waals surface area contributed by atoms with E-state index in [1.165, 1.54) is 34.4 Å². The van der Waals surface area contributed by atoms with Crippen molar-refractivity contribution < 1.29 is 36.3 Å². The molecule has 0 saturated carbocycles. The van der Waals surface area contributed by atoms with Gasteiger partial charge in [0.05, 0.1) is 59.7 Å². The molecule has 2 saturated heterocycles.